The smallest absolute Gasteiger partial charge is 0.307 e. The van der Waals surface area contributed by atoms with Crippen LogP contribution in [-0.2, 0) is 27.4 Å². The van der Waals surface area contributed by atoms with Crippen molar-refractivity contribution >= 4 is 5.97 Å². The SMILES string of the molecule is COCc1c(-c2ccc(F)cc2)c(-c2ccncc2)cn1CCC(=O)OC. The van der Waals surface area contributed by atoms with Crippen LogP contribution in [0.1, 0.15) is 12.1 Å². The first-order chi connectivity index (χ1) is 13.1. The fourth-order valence-electron chi connectivity index (χ4n) is 3.09. The van der Waals surface area contributed by atoms with Gasteiger partial charge in [0, 0.05) is 43.4 Å². The van der Waals surface area contributed by atoms with E-state index in [1.54, 1.807) is 31.6 Å². The molecular formula is C21H21FN2O3. The number of carbonyl (C=O) groups excluding carboxylic acids is 1. The van der Waals surface area contributed by atoms with Crippen molar-refractivity contribution in [3.63, 3.8) is 0 Å². The number of benzene rings is 1. The highest BCUT2D eigenvalue weighted by molar-refractivity contribution is 5.85. The maximum absolute atomic E-state index is 13.4. The van der Waals surface area contributed by atoms with E-state index in [9.17, 15) is 9.18 Å². The van der Waals surface area contributed by atoms with E-state index in [4.69, 9.17) is 9.47 Å². The lowest BCUT2D eigenvalue weighted by Gasteiger charge is -2.11. The Bertz CT molecular complexity index is 905. The quantitative estimate of drug-likeness (QED) is 0.590. The molecule has 0 aliphatic heterocycles. The lowest BCUT2D eigenvalue weighted by molar-refractivity contribution is -0.140. The summed E-state index contributed by atoms with van der Waals surface area (Å²) in [7, 11) is 3.00. The molecule has 0 amide bonds. The predicted octanol–water partition coefficient (Wildman–Crippen LogP) is 4.07. The molecule has 140 valence electrons. The number of methoxy groups -OCH3 is 2. The molecule has 0 unspecified atom stereocenters. The molecule has 0 bridgehead atoms. The van der Waals surface area contributed by atoms with E-state index in [0.717, 1.165) is 27.9 Å². The minimum atomic E-state index is -0.289. The number of esters is 1. The zero-order valence-electron chi connectivity index (χ0n) is 15.3. The maximum atomic E-state index is 13.4. The van der Waals surface area contributed by atoms with E-state index in [0.29, 0.717) is 13.2 Å². The Labute approximate surface area is 157 Å². The highest BCUT2D eigenvalue weighted by Gasteiger charge is 2.19. The molecule has 2 heterocycles. The van der Waals surface area contributed by atoms with E-state index in [1.165, 1.54) is 19.2 Å². The Kier molecular flexibility index (Phi) is 5.98. The molecule has 0 saturated heterocycles. The second-order valence-electron chi connectivity index (χ2n) is 6.06. The summed E-state index contributed by atoms with van der Waals surface area (Å²) in [5.41, 5.74) is 4.71. The third-order valence-corrected chi connectivity index (χ3v) is 4.38. The number of nitrogens with zero attached hydrogens (tertiary/aromatic N) is 2. The molecule has 2 aromatic heterocycles. The second kappa shape index (κ2) is 8.60. The molecule has 1 aromatic carbocycles. The van der Waals surface area contributed by atoms with Gasteiger partial charge in [-0.25, -0.2) is 4.39 Å². The van der Waals surface area contributed by atoms with Crippen LogP contribution in [0.3, 0.4) is 0 Å². The zero-order chi connectivity index (χ0) is 19.2. The summed E-state index contributed by atoms with van der Waals surface area (Å²) in [5.74, 6) is -0.566. The summed E-state index contributed by atoms with van der Waals surface area (Å²) in [4.78, 5) is 15.7. The molecule has 3 rings (SSSR count). The fraction of sp³-hybridized carbons (Fsp3) is 0.238. The van der Waals surface area contributed by atoms with Crippen molar-refractivity contribution in [2.75, 3.05) is 14.2 Å². The minimum Gasteiger partial charge on any atom is -0.469 e. The van der Waals surface area contributed by atoms with Crippen molar-refractivity contribution in [3.8, 4) is 22.3 Å². The molecule has 0 spiro atoms. The summed E-state index contributed by atoms with van der Waals surface area (Å²) in [6.45, 7) is 0.823. The van der Waals surface area contributed by atoms with Gasteiger partial charge in [0.2, 0.25) is 0 Å². The topological polar surface area (TPSA) is 53.4 Å². The Morgan fingerprint density at radius 2 is 1.78 bits per heavy atom. The lowest BCUT2D eigenvalue weighted by Crippen LogP contribution is -2.09. The van der Waals surface area contributed by atoms with Crippen molar-refractivity contribution in [1.82, 2.24) is 9.55 Å². The molecule has 0 atom stereocenters. The van der Waals surface area contributed by atoms with Gasteiger partial charge in [-0.1, -0.05) is 12.1 Å². The molecule has 0 radical (unpaired) electrons. The molecule has 3 aromatic rings. The number of ether oxygens (including phenoxy) is 2. The zero-order valence-corrected chi connectivity index (χ0v) is 15.3. The van der Waals surface area contributed by atoms with Crippen LogP contribution in [0.15, 0.2) is 55.0 Å². The van der Waals surface area contributed by atoms with E-state index in [-0.39, 0.29) is 18.2 Å². The summed E-state index contributed by atoms with van der Waals surface area (Å²) in [6.07, 6.45) is 5.70. The standard InChI is InChI=1S/C21H21FN2O3/c1-26-14-19-21(16-3-5-17(22)6-4-16)18(15-7-10-23-11-8-15)13-24(19)12-9-20(25)27-2/h3-8,10-11,13H,9,12,14H2,1-2H3. The first-order valence-electron chi connectivity index (χ1n) is 8.58. The highest BCUT2D eigenvalue weighted by Crippen LogP contribution is 2.37. The van der Waals surface area contributed by atoms with Crippen molar-refractivity contribution in [3.05, 3.63) is 66.5 Å². The van der Waals surface area contributed by atoms with Crippen molar-refractivity contribution in [2.24, 2.45) is 0 Å². The molecule has 6 heteroatoms. The second-order valence-corrected chi connectivity index (χ2v) is 6.06. The van der Waals surface area contributed by atoms with Crippen LogP contribution in [0.2, 0.25) is 0 Å². The maximum Gasteiger partial charge on any atom is 0.307 e. The van der Waals surface area contributed by atoms with Gasteiger partial charge in [-0.15, -0.1) is 0 Å². The van der Waals surface area contributed by atoms with Crippen LogP contribution < -0.4 is 0 Å². The van der Waals surface area contributed by atoms with Crippen molar-refractivity contribution in [1.29, 1.82) is 0 Å². The van der Waals surface area contributed by atoms with Crippen LogP contribution in [0.4, 0.5) is 4.39 Å². The fourth-order valence-corrected chi connectivity index (χ4v) is 3.09. The molecule has 27 heavy (non-hydrogen) atoms. The Balaban J connectivity index is 2.15. The molecular weight excluding hydrogens is 347 g/mol. The number of hydrogen-bond acceptors (Lipinski definition) is 4. The molecule has 0 saturated carbocycles. The van der Waals surface area contributed by atoms with Crippen molar-refractivity contribution in [2.45, 2.75) is 19.6 Å². The van der Waals surface area contributed by atoms with Crippen molar-refractivity contribution < 1.29 is 18.7 Å². The number of halogens is 1. The first-order valence-corrected chi connectivity index (χ1v) is 8.58. The number of hydrogen-bond donors (Lipinski definition) is 0. The Hall–Kier alpha value is -2.99. The number of carbonyl (C=O) groups is 1. The van der Waals surface area contributed by atoms with E-state index in [2.05, 4.69) is 4.98 Å². The Morgan fingerprint density at radius 3 is 2.41 bits per heavy atom. The van der Waals surface area contributed by atoms with Crippen LogP contribution in [0.25, 0.3) is 22.3 Å². The first kappa shape index (κ1) is 18.8. The number of aromatic nitrogens is 2. The molecule has 0 aliphatic carbocycles. The third kappa shape index (κ3) is 4.23. The summed E-state index contributed by atoms with van der Waals surface area (Å²) >= 11 is 0. The Morgan fingerprint density at radius 1 is 1.07 bits per heavy atom. The average molecular weight is 368 g/mol. The summed E-state index contributed by atoms with van der Waals surface area (Å²) in [5, 5.41) is 0. The van der Waals surface area contributed by atoms with Gasteiger partial charge in [-0.05, 0) is 35.4 Å². The highest BCUT2D eigenvalue weighted by atomic mass is 19.1. The van der Waals surface area contributed by atoms with Gasteiger partial charge in [0.1, 0.15) is 5.82 Å². The van der Waals surface area contributed by atoms with Gasteiger partial charge in [0.25, 0.3) is 0 Å². The molecule has 0 aliphatic rings. The third-order valence-electron chi connectivity index (χ3n) is 4.38. The van der Waals surface area contributed by atoms with Gasteiger partial charge in [-0.2, -0.15) is 0 Å². The molecule has 0 fully saturated rings. The molecule has 0 N–H and O–H groups in total. The lowest BCUT2D eigenvalue weighted by atomic mass is 9.97. The van der Waals surface area contributed by atoms with E-state index in [1.807, 2.05) is 22.9 Å². The van der Waals surface area contributed by atoms with Gasteiger partial charge in [0.15, 0.2) is 0 Å². The van der Waals surface area contributed by atoms with E-state index < -0.39 is 0 Å². The van der Waals surface area contributed by atoms with Gasteiger partial charge in [-0.3, -0.25) is 9.78 Å². The number of rotatable bonds is 7. The normalized spacial score (nSPS) is 10.8. The van der Waals surface area contributed by atoms with Crippen LogP contribution in [-0.4, -0.2) is 29.7 Å². The largest absolute Gasteiger partial charge is 0.469 e. The number of aryl methyl sites for hydroxylation is 1. The monoisotopic (exact) mass is 368 g/mol. The summed E-state index contributed by atoms with van der Waals surface area (Å²) in [6, 6.07) is 10.2. The molecule has 5 nitrogen and oxygen atoms in total. The van der Waals surface area contributed by atoms with Gasteiger partial charge in [0.05, 0.1) is 25.8 Å². The van der Waals surface area contributed by atoms with Crippen LogP contribution in [0, 0.1) is 5.82 Å². The predicted molar refractivity (Wildman–Crippen MR) is 100 cm³/mol. The number of pyridine rings is 1. The van der Waals surface area contributed by atoms with Gasteiger partial charge < -0.3 is 14.0 Å². The summed E-state index contributed by atoms with van der Waals surface area (Å²) < 4.78 is 25.6. The van der Waals surface area contributed by atoms with E-state index >= 15 is 0 Å². The van der Waals surface area contributed by atoms with Crippen LogP contribution >= 0.6 is 0 Å². The van der Waals surface area contributed by atoms with Crippen LogP contribution in [0.5, 0.6) is 0 Å². The minimum absolute atomic E-state index is 0.251. The van der Waals surface area contributed by atoms with Gasteiger partial charge >= 0.3 is 5.97 Å². The average Bonchev–Trinajstić information content (AvgIpc) is 3.06.